The van der Waals surface area contributed by atoms with E-state index >= 15 is 0 Å². The highest BCUT2D eigenvalue weighted by molar-refractivity contribution is 9.11. The molecule has 0 bridgehead atoms. The Balaban J connectivity index is 2.46. The molecule has 0 radical (unpaired) electrons. The van der Waals surface area contributed by atoms with Gasteiger partial charge in [0.2, 0.25) is 0 Å². The number of benzene rings is 1. The van der Waals surface area contributed by atoms with Crippen molar-refractivity contribution in [1.82, 2.24) is 0 Å². The van der Waals surface area contributed by atoms with Gasteiger partial charge in [-0.2, -0.15) is 0 Å². The second-order valence-electron chi connectivity index (χ2n) is 3.83. The first-order chi connectivity index (χ1) is 9.20. The van der Waals surface area contributed by atoms with Crippen molar-refractivity contribution in [3.05, 3.63) is 44.3 Å². The maximum atomic E-state index is 13.5. The summed E-state index contributed by atoms with van der Waals surface area (Å²) in [5.41, 5.74) is -0.774. The minimum absolute atomic E-state index is 0.0848. The van der Waals surface area contributed by atoms with Crippen molar-refractivity contribution in [1.29, 1.82) is 0 Å². The zero-order valence-electron chi connectivity index (χ0n) is 9.88. The Labute approximate surface area is 125 Å². The number of hydrogen-bond donors (Lipinski definition) is 1. The van der Waals surface area contributed by atoms with Crippen molar-refractivity contribution in [2.24, 2.45) is 0 Å². The fraction of sp³-hybridized carbons (Fsp3) is 0.0909. The molecule has 3 nitrogen and oxygen atoms in total. The van der Waals surface area contributed by atoms with Gasteiger partial charge in [0.25, 0.3) is 10.0 Å². The normalized spacial score (nSPS) is 11.7. The van der Waals surface area contributed by atoms with E-state index in [9.17, 15) is 21.6 Å². The molecule has 0 atom stereocenters. The van der Waals surface area contributed by atoms with E-state index in [0.717, 1.165) is 0 Å². The van der Waals surface area contributed by atoms with Crippen molar-refractivity contribution >= 4 is 43.0 Å². The molecule has 1 N–H and O–H groups in total. The predicted molar refractivity (Wildman–Crippen MR) is 73.9 cm³/mol. The summed E-state index contributed by atoms with van der Waals surface area (Å²) in [6.07, 6.45) is 0. The first-order valence-electron chi connectivity index (χ1n) is 5.14. The van der Waals surface area contributed by atoms with Crippen LogP contribution < -0.4 is 4.72 Å². The van der Waals surface area contributed by atoms with Crippen LogP contribution in [-0.4, -0.2) is 8.42 Å². The van der Waals surface area contributed by atoms with Gasteiger partial charge >= 0.3 is 0 Å². The summed E-state index contributed by atoms with van der Waals surface area (Å²) in [6, 6.07) is 2.24. The first-order valence-corrected chi connectivity index (χ1v) is 8.23. The van der Waals surface area contributed by atoms with E-state index in [1.54, 1.807) is 6.92 Å². The van der Waals surface area contributed by atoms with Crippen LogP contribution in [0.3, 0.4) is 0 Å². The molecule has 0 amide bonds. The van der Waals surface area contributed by atoms with E-state index in [-0.39, 0.29) is 4.90 Å². The van der Waals surface area contributed by atoms with Gasteiger partial charge in [-0.05, 0) is 28.9 Å². The van der Waals surface area contributed by atoms with Gasteiger partial charge < -0.3 is 0 Å². The topological polar surface area (TPSA) is 46.2 Å². The van der Waals surface area contributed by atoms with Gasteiger partial charge in [0.15, 0.2) is 11.6 Å². The van der Waals surface area contributed by atoms with Crippen LogP contribution in [0, 0.1) is 24.4 Å². The average molecular weight is 386 g/mol. The number of nitrogens with one attached hydrogen (secondary N) is 1. The third-order valence-corrected chi connectivity index (χ3v) is 5.54. The number of halogens is 4. The van der Waals surface area contributed by atoms with Crippen LogP contribution >= 0.6 is 27.3 Å². The fourth-order valence-electron chi connectivity index (χ4n) is 1.53. The molecular weight excluding hydrogens is 379 g/mol. The Kier molecular flexibility index (Phi) is 4.12. The Hall–Kier alpha value is -1.06. The minimum Gasteiger partial charge on any atom is -0.276 e. The number of rotatable bonds is 3. The molecule has 2 rings (SSSR count). The van der Waals surface area contributed by atoms with Crippen LogP contribution in [0.5, 0.6) is 0 Å². The van der Waals surface area contributed by atoms with Gasteiger partial charge in [-0.15, -0.1) is 11.3 Å². The number of aryl methyl sites for hydroxylation is 1. The summed E-state index contributed by atoms with van der Waals surface area (Å²) >= 11 is 4.30. The minimum atomic E-state index is -4.12. The molecule has 0 saturated carbocycles. The summed E-state index contributed by atoms with van der Waals surface area (Å²) in [4.78, 5) is 0.375. The van der Waals surface area contributed by atoms with Crippen molar-refractivity contribution < 1.29 is 21.6 Å². The van der Waals surface area contributed by atoms with E-state index < -0.39 is 33.2 Å². The number of sulfonamides is 1. The molecular formula is C11H7BrF3NO2S2. The molecule has 1 aromatic heterocycles. The molecule has 9 heteroatoms. The molecule has 1 aromatic carbocycles. The van der Waals surface area contributed by atoms with E-state index in [0.29, 0.717) is 20.8 Å². The van der Waals surface area contributed by atoms with Crippen LogP contribution in [0.15, 0.2) is 26.9 Å². The van der Waals surface area contributed by atoms with E-state index in [1.807, 2.05) is 4.72 Å². The maximum absolute atomic E-state index is 13.5. The Morgan fingerprint density at radius 2 is 1.85 bits per heavy atom. The molecule has 0 aliphatic rings. The third kappa shape index (κ3) is 2.99. The first kappa shape index (κ1) is 15.3. The van der Waals surface area contributed by atoms with Crippen LogP contribution in [-0.2, 0) is 10.0 Å². The highest BCUT2D eigenvalue weighted by Crippen LogP contribution is 2.31. The second-order valence-corrected chi connectivity index (χ2v) is 8.11. The molecule has 0 saturated heterocycles. The molecule has 1 heterocycles. The molecule has 0 aliphatic heterocycles. The SMILES string of the molecule is Cc1sc(Br)cc1S(=O)(=O)Nc1cc(F)cc(F)c1F. The molecule has 0 aliphatic carbocycles. The van der Waals surface area contributed by atoms with Crippen LogP contribution in [0.1, 0.15) is 4.88 Å². The molecule has 0 spiro atoms. The van der Waals surface area contributed by atoms with E-state index in [2.05, 4.69) is 15.9 Å². The lowest BCUT2D eigenvalue weighted by atomic mass is 10.3. The Morgan fingerprint density at radius 3 is 2.40 bits per heavy atom. The Bertz CT molecular complexity index is 774. The summed E-state index contributed by atoms with van der Waals surface area (Å²) in [6.45, 7) is 1.56. The molecule has 108 valence electrons. The standard InChI is InChI=1S/C11H7BrF3NO2S2/c1-5-9(4-10(12)19-5)20(17,18)16-8-3-6(13)2-7(14)11(8)15/h2-4,16H,1H3. The van der Waals surface area contributed by atoms with Crippen molar-refractivity contribution in [2.45, 2.75) is 11.8 Å². The fourth-order valence-corrected chi connectivity index (χ4v) is 4.99. The summed E-state index contributed by atoms with van der Waals surface area (Å²) in [7, 11) is -4.12. The molecule has 0 unspecified atom stereocenters. The lowest BCUT2D eigenvalue weighted by Gasteiger charge is -2.09. The lowest BCUT2D eigenvalue weighted by Crippen LogP contribution is -2.15. The zero-order valence-corrected chi connectivity index (χ0v) is 13.1. The quantitative estimate of drug-likeness (QED) is 0.810. The van der Waals surface area contributed by atoms with Crippen LogP contribution in [0.25, 0.3) is 0 Å². The smallest absolute Gasteiger partial charge is 0.263 e. The number of hydrogen-bond acceptors (Lipinski definition) is 3. The van der Waals surface area contributed by atoms with Gasteiger partial charge in [-0.25, -0.2) is 21.6 Å². The maximum Gasteiger partial charge on any atom is 0.263 e. The summed E-state index contributed by atoms with van der Waals surface area (Å²) in [5, 5.41) is 0. The van der Waals surface area contributed by atoms with Crippen molar-refractivity contribution in [3.8, 4) is 0 Å². The largest absolute Gasteiger partial charge is 0.276 e. The third-order valence-electron chi connectivity index (χ3n) is 2.37. The van der Waals surface area contributed by atoms with Crippen LogP contribution in [0.2, 0.25) is 0 Å². The lowest BCUT2D eigenvalue weighted by molar-refractivity contribution is 0.498. The zero-order chi connectivity index (χ0) is 15.1. The Morgan fingerprint density at radius 1 is 1.20 bits per heavy atom. The highest BCUT2D eigenvalue weighted by atomic mass is 79.9. The van der Waals surface area contributed by atoms with Gasteiger partial charge in [0.1, 0.15) is 10.7 Å². The summed E-state index contributed by atoms with van der Waals surface area (Å²) < 4.78 is 66.1. The molecule has 20 heavy (non-hydrogen) atoms. The average Bonchev–Trinajstić information content (AvgIpc) is 2.65. The molecule has 2 aromatic rings. The summed E-state index contributed by atoms with van der Waals surface area (Å²) in [5.74, 6) is -4.00. The predicted octanol–water partition coefficient (Wildman–Crippen LogP) is 4.04. The van der Waals surface area contributed by atoms with Gasteiger partial charge in [-0.3, -0.25) is 4.72 Å². The van der Waals surface area contributed by atoms with Gasteiger partial charge in [-0.1, -0.05) is 0 Å². The highest BCUT2D eigenvalue weighted by Gasteiger charge is 2.22. The van der Waals surface area contributed by atoms with E-state index in [4.69, 9.17) is 0 Å². The van der Waals surface area contributed by atoms with Crippen LogP contribution in [0.4, 0.5) is 18.9 Å². The van der Waals surface area contributed by atoms with Crippen molar-refractivity contribution in [2.75, 3.05) is 4.72 Å². The monoisotopic (exact) mass is 385 g/mol. The van der Waals surface area contributed by atoms with Gasteiger partial charge in [0, 0.05) is 17.0 Å². The molecule has 0 fully saturated rings. The number of thiophene rings is 1. The van der Waals surface area contributed by atoms with Gasteiger partial charge in [0.05, 0.1) is 9.47 Å². The number of anilines is 1. The second kappa shape index (κ2) is 5.38. The van der Waals surface area contributed by atoms with E-state index in [1.165, 1.54) is 17.4 Å². The van der Waals surface area contributed by atoms with Crippen molar-refractivity contribution in [3.63, 3.8) is 0 Å².